The van der Waals surface area contributed by atoms with E-state index in [4.69, 9.17) is 0 Å². The maximum Gasteiger partial charge on any atom is 0.0276 e. The highest BCUT2D eigenvalue weighted by Gasteiger charge is 2.10. The first-order valence-corrected chi connectivity index (χ1v) is 12.9. The fourth-order valence-electron chi connectivity index (χ4n) is 3.12. The molecule has 0 N–H and O–H groups in total. The highest BCUT2D eigenvalue weighted by atomic mass is 33.1. The zero-order valence-corrected chi connectivity index (χ0v) is 17.8. The van der Waals surface area contributed by atoms with E-state index in [1.807, 2.05) is 45.1 Å². The van der Waals surface area contributed by atoms with Crippen LogP contribution in [-0.4, -0.2) is 12.5 Å². The predicted molar refractivity (Wildman–Crippen MR) is 123 cm³/mol. The Morgan fingerprint density at radius 3 is 1.15 bits per heavy atom. The lowest BCUT2D eigenvalue weighted by Crippen LogP contribution is -1.82. The van der Waals surface area contributed by atoms with E-state index in [1.165, 1.54) is 41.1 Å². The Kier molecular flexibility index (Phi) is 5.75. The smallest absolute Gasteiger partial charge is 0.0276 e. The van der Waals surface area contributed by atoms with Gasteiger partial charge in [-0.15, -0.1) is 23.5 Å². The molecule has 0 nitrogen and oxygen atoms in total. The van der Waals surface area contributed by atoms with Gasteiger partial charge in [0.25, 0.3) is 0 Å². The largest absolute Gasteiger partial charge is 0.129 e. The van der Waals surface area contributed by atoms with Crippen LogP contribution in [0.4, 0.5) is 0 Å². The molecular weight excluding hydrogens is 393 g/mol. The standard InChI is InChI=1S/C22H18S4/c1-23-17-11-3-7-15-9-5-13-19(21(15)17)25-26-20-14-6-10-16-8-4-12-18(24-2)22(16)20/h3-14H,1-2H3. The Morgan fingerprint density at radius 2 is 0.808 bits per heavy atom. The molecule has 4 aromatic carbocycles. The SMILES string of the molecule is CSc1cccc2cccc(SSc3cccc4cccc(SC)c34)c12. The lowest BCUT2D eigenvalue weighted by Gasteiger charge is -2.12. The summed E-state index contributed by atoms with van der Waals surface area (Å²) in [6, 6.07) is 26.3. The van der Waals surface area contributed by atoms with Crippen molar-refractivity contribution in [3.05, 3.63) is 72.8 Å². The quantitative estimate of drug-likeness (QED) is 0.240. The van der Waals surface area contributed by atoms with Gasteiger partial charge in [0.1, 0.15) is 0 Å². The van der Waals surface area contributed by atoms with Crippen LogP contribution in [0, 0.1) is 0 Å². The number of hydrogen-bond donors (Lipinski definition) is 0. The van der Waals surface area contributed by atoms with Crippen molar-refractivity contribution in [3.63, 3.8) is 0 Å². The molecule has 4 rings (SSSR count). The van der Waals surface area contributed by atoms with Gasteiger partial charge >= 0.3 is 0 Å². The van der Waals surface area contributed by atoms with Gasteiger partial charge in [-0.3, -0.25) is 0 Å². The topological polar surface area (TPSA) is 0 Å². The number of benzene rings is 4. The second-order valence-corrected chi connectivity index (χ2v) is 9.70. The first kappa shape index (κ1) is 18.2. The summed E-state index contributed by atoms with van der Waals surface area (Å²) in [6.45, 7) is 0. The van der Waals surface area contributed by atoms with Crippen molar-refractivity contribution in [2.75, 3.05) is 12.5 Å². The monoisotopic (exact) mass is 410 g/mol. The summed E-state index contributed by atoms with van der Waals surface area (Å²) >= 11 is 3.63. The van der Waals surface area contributed by atoms with Crippen LogP contribution in [0.5, 0.6) is 0 Å². The molecule has 0 aliphatic carbocycles. The fraction of sp³-hybridized carbons (Fsp3) is 0.0909. The van der Waals surface area contributed by atoms with Crippen LogP contribution in [0.25, 0.3) is 21.5 Å². The zero-order valence-electron chi connectivity index (χ0n) is 14.6. The van der Waals surface area contributed by atoms with Crippen molar-refractivity contribution in [1.29, 1.82) is 0 Å². The van der Waals surface area contributed by atoms with E-state index >= 15 is 0 Å². The van der Waals surface area contributed by atoms with Crippen LogP contribution in [0.2, 0.25) is 0 Å². The van der Waals surface area contributed by atoms with Crippen molar-refractivity contribution in [2.45, 2.75) is 19.6 Å². The van der Waals surface area contributed by atoms with Crippen LogP contribution in [0.15, 0.2) is 92.4 Å². The van der Waals surface area contributed by atoms with Crippen molar-refractivity contribution < 1.29 is 0 Å². The van der Waals surface area contributed by atoms with Gasteiger partial charge in [-0.1, -0.05) is 70.1 Å². The molecule has 0 spiro atoms. The van der Waals surface area contributed by atoms with Gasteiger partial charge in [0, 0.05) is 30.4 Å². The average molecular weight is 411 g/mol. The Morgan fingerprint density at radius 1 is 0.462 bits per heavy atom. The molecule has 0 radical (unpaired) electrons. The molecule has 0 fully saturated rings. The number of thioether (sulfide) groups is 2. The van der Waals surface area contributed by atoms with Gasteiger partial charge in [-0.05, 0) is 47.5 Å². The first-order chi connectivity index (χ1) is 12.8. The third-order valence-corrected chi connectivity index (χ3v) is 8.33. The maximum atomic E-state index is 2.24. The minimum atomic E-state index is 1.31. The number of fused-ring (bicyclic) bond motifs is 2. The second-order valence-electron chi connectivity index (χ2n) is 5.80. The van der Waals surface area contributed by atoms with E-state index in [2.05, 4.69) is 85.3 Å². The molecule has 4 aromatic rings. The van der Waals surface area contributed by atoms with E-state index in [1.54, 1.807) is 0 Å². The summed E-state index contributed by atoms with van der Waals surface area (Å²) in [4.78, 5) is 5.34. The molecule has 0 aromatic heterocycles. The lowest BCUT2D eigenvalue weighted by atomic mass is 10.1. The average Bonchev–Trinajstić information content (AvgIpc) is 2.71. The Bertz CT molecular complexity index is 974. The molecule has 26 heavy (non-hydrogen) atoms. The fourth-order valence-corrected chi connectivity index (χ4v) is 6.98. The van der Waals surface area contributed by atoms with E-state index in [-0.39, 0.29) is 0 Å². The Hall–Kier alpha value is -1.20. The van der Waals surface area contributed by atoms with E-state index in [0.29, 0.717) is 0 Å². The normalized spacial score (nSPS) is 11.3. The maximum absolute atomic E-state index is 2.24. The Balaban J connectivity index is 1.75. The van der Waals surface area contributed by atoms with Gasteiger partial charge in [0.15, 0.2) is 0 Å². The first-order valence-electron chi connectivity index (χ1n) is 8.28. The molecule has 4 heteroatoms. The number of rotatable bonds is 5. The zero-order chi connectivity index (χ0) is 17.9. The Labute approximate surface area is 170 Å². The van der Waals surface area contributed by atoms with E-state index < -0.39 is 0 Å². The molecule has 130 valence electrons. The van der Waals surface area contributed by atoms with Crippen molar-refractivity contribution in [3.8, 4) is 0 Å². The summed E-state index contributed by atoms with van der Waals surface area (Å²) in [5.41, 5.74) is 0. The molecule has 0 amide bonds. The summed E-state index contributed by atoms with van der Waals surface area (Å²) in [5.74, 6) is 0. The van der Waals surface area contributed by atoms with Gasteiger partial charge < -0.3 is 0 Å². The molecule has 0 aliphatic rings. The molecule has 0 bridgehead atoms. The van der Waals surface area contributed by atoms with Crippen LogP contribution in [-0.2, 0) is 0 Å². The van der Waals surface area contributed by atoms with Crippen molar-refractivity contribution in [1.82, 2.24) is 0 Å². The number of hydrogen-bond acceptors (Lipinski definition) is 4. The molecular formula is C22H18S4. The highest BCUT2D eigenvalue weighted by Crippen LogP contribution is 2.46. The third-order valence-electron chi connectivity index (χ3n) is 4.32. The van der Waals surface area contributed by atoms with Crippen LogP contribution in [0.1, 0.15) is 0 Å². The van der Waals surface area contributed by atoms with Gasteiger partial charge in [-0.25, -0.2) is 0 Å². The van der Waals surface area contributed by atoms with E-state index in [9.17, 15) is 0 Å². The minimum Gasteiger partial charge on any atom is -0.129 e. The van der Waals surface area contributed by atoms with Crippen LogP contribution < -0.4 is 0 Å². The molecule has 0 atom stereocenters. The van der Waals surface area contributed by atoms with E-state index in [0.717, 1.165) is 0 Å². The van der Waals surface area contributed by atoms with Gasteiger partial charge in [0.2, 0.25) is 0 Å². The highest BCUT2D eigenvalue weighted by molar-refractivity contribution is 8.76. The summed E-state index contributed by atoms with van der Waals surface area (Å²) < 4.78 is 0. The molecule has 0 heterocycles. The van der Waals surface area contributed by atoms with Crippen molar-refractivity contribution in [2.24, 2.45) is 0 Å². The van der Waals surface area contributed by atoms with Crippen molar-refractivity contribution >= 4 is 66.7 Å². The van der Waals surface area contributed by atoms with Gasteiger partial charge in [0.05, 0.1) is 0 Å². The third kappa shape index (κ3) is 3.48. The summed E-state index contributed by atoms with van der Waals surface area (Å²) in [6.07, 6.45) is 4.30. The minimum absolute atomic E-state index is 1.31. The van der Waals surface area contributed by atoms with Crippen LogP contribution in [0.3, 0.4) is 0 Å². The second kappa shape index (κ2) is 8.22. The van der Waals surface area contributed by atoms with Gasteiger partial charge in [-0.2, -0.15) is 0 Å². The predicted octanol–water partition coefficient (Wildman–Crippen LogP) is 8.24. The molecule has 0 saturated carbocycles. The molecule has 0 aliphatic heterocycles. The summed E-state index contributed by atoms with van der Waals surface area (Å²) in [7, 11) is 3.72. The van der Waals surface area contributed by atoms with Crippen LogP contribution >= 0.6 is 45.1 Å². The molecule has 0 unspecified atom stereocenters. The summed E-state index contributed by atoms with van der Waals surface area (Å²) in [5, 5.41) is 5.35. The molecule has 0 saturated heterocycles. The lowest BCUT2D eigenvalue weighted by molar-refractivity contribution is 1.45.